The lowest BCUT2D eigenvalue weighted by molar-refractivity contribution is -0.139. The fourth-order valence-electron chi connectivity index (χ4n) is 2.48. The van der Waals surface area contributed by atoms with Gasteiger partial charge in [0.25, 0.3) is 5.91 Å². The van der Waals surface area contributed by atoms with Crippen LogP contribution in [0.3, 0.4) is 0 Å². The zero-order valence-corrected chi connectivity index (χ0v) is 14.4. The van der Waals surface area contributed by atoms with Gasteiger partial charge in [0, 0.05) is 24.7 Å². The molecule has 122 valence electrons. The molecule has 0 N–H and O–H groups in total. The highest BCUT2D eigenvalue weighted by Gasteiger charge is 2.26. The standard InChI is InChI=1S/C16H21Cl2NO3/c1-3-19(10-13-5-4-8-21-13)16(20)11(2)22-15-7-6-12(17)9-14(15)18/h6-7,9,11,13H,3-5,8,10H2,1-2H3. The number of hydrogen-bond donors (Lipinski definition) is 0. The minimum atomic E-state index is -0.611. The number of hydrogen-bond acceptors (Lipinski definition) is 3. The summed E-state index contributed by atoms with van der Waals surface area (Å²) in [5.74, 6) is 0.393. The molecule has 1 fully saturated rings. The Morgan fingerprint density at radius 1 is 1.50 bits per heavy atom. The first kappa shape index (κ1) is 17.4. The minimum Gasteiger partial charge on any atom is -0.479 e. The van der Waals surface area contributed by atoms with Gasteiger partial charge in [0.1, 0.15) is 5.75 Å². The second-order valence-corrected chi connectivity index (χ2v) is 6.19. The molecule has 2 unspecified atom stereocenters. The Balaban J connectivity index is 1.96. The molecule has 1 saturated heterocycles. The SMILES string of the molecule is CCN(CC1CCCO1)C(=O)C(C)Oc1ccc(Cl)cc1Cl. The molecule has 1 aromatic rings. The third kappa shape index (κ3) is 4.51. The van der Waals surface area contributed by atoms with Gasteiger partial charge in [-0.25, -0.2) is 0 Å². The van der Waals surface area contributed by atoms with E-state index in [1.54, 1.807) is 30.0 Å². The lowest BCUT2D eigenvalue weighted by Crippen LogP contribution is -2.44. The number of carbonyl (C=O) groups is 1. The normalized spacial score (nSPS) is 19.0. The average Bonchev–Trinajstić information content (AvgIpc) is 3.00. The number of amides is 1. The Labute approximate surface area is 141 Å². The Morgan fingerprint density at radius 2 is 2.27 bits per heavy atom. The molecular weight excluding hydrogens is 325 g/mol. The van der Waals surface area contributed by atoms with E-state index in [0.717, 1.165) is 19.4 Å². The Bertz CT molecular complexity index is 518. The van der Waals surface area contributed by atoms with E-state index in [1.807, 2.05) is 6.92 Å². The maximum atomic E-state index is 12.5. The number of likely N-dealkylation sites (N-methyl/N-ethyl adjacent to an activating group) is 1. The van der Waals surface area contributed by atoms with Gasteiger partial charge in [0.2, 0.25) is 0 Å². The predicted molar refractivity (Wildman–Crippen MR) is 87.8 cm³/mol. The molecule has 1 aromatic carbocycles. The number of halogens is 2. The van der Waals surface area contributed by atoms with Gasteiger partial charge in [-0.3, -0.25) is 4.79 Å². The first-order valence-electron chi connectivity index (χ1n) is 7.53. The molecule has 0 bridgehead atoms. The average molecular weight is 346 g/mol. The number of benzene rings is 1. The van der Waals surface area contributed by atoms with Crippen LogP contribution in [0.2, 0.25) is 10.0 Å². The van der Waals surface area contributed by atoms with Crippen LogP contribution in [-0.4, -0.2) is 42.7 Å². The van der Waals surface area contributed by atoms with Gasteiger partial charge in [-0.15, -0.1) is 0 Å². The number of carbonyl (C=O) groups excluding carboxylic acids is 1. The molecule has 2 rings (SSSR count). The van der Waals surface area contributed by atoms with Gasteiger partial charge in [-0.1, -0.05) is 23.2 Å². The van der Waals surface area contributed by atoms with Crippen molar-refractivity contribution in [3.05, 3.63) is 28.2 Å². The van der Waals surface area contributed by atoms with Crippen LogP contribution in [0.5, 0.6) is 5.75 Å². The smallest absolute Gasteiger partial charge is 0.263 e. The van der Waals surface area contributed by atoms with Gasteiger partial charge in [-0.2, -0.15) is 0 Å². The molecule has 0 saturated carbocycles. The topological polar surface area (TPSA) is 38.8 Å². The molecule has 1 amide bonds. The fourth-order valence-corrected chi connectivity index (χ4v) is 2.93. The van der Waals surface area contributed by atoms with E-state index in [1.165, 1.54) is 0 Å². The van der Waals surface area contributed by atoms with Crippen molar-refractivity contribution in [2.75, 3.05) is 19.7 Å². The van der Waals surface area contributed by atoms with Crippen molar-refractivity contribution in [1.29, 1.82) is 0 Å². The summed E-state index contributed by atoms with van der Waals surface area (Å²) in [7, 11) is 0. The molecule has 2 atom stereocenters. The lowest BCUT2D eigenvalue weighted by Gasteiger charge is -2.27. The number of ether oxygens (including phenoxy) is 2. The van der Waals surface area contributed by atoms with E-state index in [9.17, 15) is 4.79 Å². The fraction of sp³-hybridized carbons (Fsp3) is 0.562. The molecule has 1 heterocycles. The third-order valence-corrected chi connectivity index (χ3v) is 4.22. The van der Waals surface area contributed by atoms with Crippen LogP contribution in [0.4, 0.5) is 0 Å². The summed E-state index contributed by atoms with van der Waals surface area (Å²) in [6, 6.07) is 4.95. The molecule has 1 aliphatic heterocycles. The van der Waals surface area contributed by atoms with Gasteiger partial charge < -0.3 is 14.4 Å². The number of rotatable bonds is 6. The summed E-state index contributed by atoms with van der Waals surface area (Å²) in [6.07, 6.45) is 1.58. The van der Waals surface area contributed by atoms with Gasteiger partial charge in [0.15, 0.2) is 6.10 Å². The summed E-state index contributed by atoms with van der Waals surface area (Å²) < 4.78 is 11.3. The van der Waals surface area contributed by atoms with Crippen molar-refractivity contribution in [1.82, 2.24) is 4.90 Å². The van der Waals surface area contributed by atoms with E-state index in [0.29, 0.717) is 28.9 Å². The van der Waals surface area contributed by atoms with Crippen LogP contribution in [0.1, 0.15) is 26.7 Å². The van der Waals surface area contributed by atoms with Crippen molar-refractivity contribution >= 4 is 29.1 Å². The highest BCUT2D eigenvalue weighted by molar-refractivity contribution is 6.35. The van der Waals surface area contributed by atoms with Gasteiger partial charge in [-0.05, 0) is 44.9 Å². The molecule has 22 heavy (non-hydrogen) atoms. The molecule has 4 nitrogen and oxygen atoms in total. The van der Waals surface area contributed by atoms with Crippen molar-refractivity contribution in [2.24, 2.45) is 0 Å². The largest absolute Gasteiger partial charge is 0.479 e. The van der Waals surface area contributed by atoms with Crippen LogP contribution >= 0.6 is 23.2 Å². The Morgan fingerprint density at radius 3 is 2.86 bits per heavy atom. The van der Waals surface area contributed by atoms with Gasteiger partial charge >= 0.3 is 0 Å². The van der Waals surface area contributed by atoms with Gasteiger partial charge in [0.05, 0.1) is 11.1 Å². The predicted octanol–water partition coefficient (Wildman–Crippen LogP) is 3.79. The van der Waals surface area contributed by atoms with Crippen LogP contribution < -0.4 is 4.74 Å². The maximum Gasteiger partial charge on any atom is 0.263 e. The van der Waals surface area contributed by atoms with E-state index in [4.69, 9.17) is 32.7 Å². The zero-order valence-electron chi connectivity index (χ0n) is 12.9. The Kier molecular flexibility index (Phi) is 6.36. The van der Waals surface area contributed by atoms with Crippen LogP contribution in [0.15, 0.2) is 18.2 Å². The molecule has 1 aliphatic rings. The number of nitrogens with zero attached hydrogens (tertiary/aromatic N) is 1. The first-order valence-corrected chi connectivity index (χ1v) is 8.29. The molecule has 0 radical (unpaired) electrons. The van der Waals surface area contributed by atoms with E-state index < -0.39 is 6.10 Å². The highest BCUT2D eigenvalue weighted by atomic mass is 35.5. The summed E-state index contributed by atoms with van der Waals surface area (Å²) in [5, 5.41) is 0.930. The maximum absolute atomic E-state index is 12.5. The van der Waals surface area contributed by atoms with Crippen LogP contribution in [-0.2, 0) is 9.53 Å². The summed E-state index contributed by atoms with van der Waals surface area (Å²) >= 11 is 11.9. The van der Waals surface area contributed by atoms with E-state index in [2.05, 4.69) is 0 Å². The highest BCUT2D eigenvalue weighted by Crippen LogP contribution is 2.28. The zero-order chi connectivity index (χ0) is 16.1. The van der Waals surface area contributed by atoms with Crippen LogP contribution in [0.25, 0.3) is 0 Å². The summed E-state index contributed by atoms with van der Waals surface area (Å²) in [6.45, 7) is 5.70. The molecule has 6 heteroatoms. The molecule has 0 spiro atoms. The van der Waals surface area contributed by atoms with Crippen molar-refractivity contribution < 1.29 is 14.3 Å². The van der Waals surface area contributed by atoms with Crippen molar-refractivity contribution in [2.45, 2.75) is 38.9 Å². The first-order chi connectivity index (χ1) is 10.5. The molecule has 0 aromatic heterocycles. The second kappa shape index (κ2) is 8.04. The molecule has 0 aliphatic carbocycles. The quantitative estimate of drug-likeness (QED) is 0.787. The second-order valence-electron chi connectivity index (χ2n) is 5.35. The van der Waals surface area contributed by atoms with Crippen LogP contribution in [0, 0.1) is 0 Å². The Hall–Kier alpha value is -0.970. The summed E-state index contributed by atoms with van der Waals surface area (Å²) in [5.41, 5.74) is 0. The third-order valence-electron chi connectivity index (χ3n) is 3.69. The van der Waals surface area contributed by atoms with Crippen molar-refractivity contribution in [3.8, 4) is 5.75 Å². The van der Waals surface area contributed by atoms with E-state index >= 15 is 0 Å². The molecular formula is C16H21Cl2NO3. The summed E-state index contributed by atoms with van der Waals surface area (Å²) in [4.78, 5) is 14.3. The van der Waals surface area contributed by atoms with Crippen molar-refractivity contribution in [3.63, 3.8) is 0 Å². The van der Waals surface area contributed by atoms with E-state index in [-0.39, 0.29) is 12.0 Å². The monoisotopic (exact) mass is 345 g/mol. The minimum absolute atomic E-state index is 0.0657. The lowest BCUT2D eigenvalue weighted by atomic mass is 10.2.